The molecule has 2 heteroatoms. The van der Waals surface area contributed by atoms with Crippen molar-refractivity contribution in [2.24, 2.45) is 0 Å². The molecule has 1 N–H and O–H groups in total. The van der Waals surface area contributed by atoms with Crippen LogP contribution in [-0.4, -0.2) is 11.1 Å². The van der Waals surface area contributed by atoms with Gasteiger partial charge in [-0.15, -0.1) is 0 Å². The Bertz CT molecular complexity index is 462. The zero-order chi connectivity index (χ0) is 17.7. The lowest BCUT2D eigenvalue weighted by atomic mass is 10.2. The molecule has 0 aliphatic heterocycles. The van der Waals surface area contributed by atoms with Gasteiger partial charge in [-0.05, 0) is 44.9 Å². The van der Waals surface area contributed by atoms with E-state index in [2.05, 4.69) is 67.7 Å². The van der Waals surface area contributed by atoms with Crippen LogP contribution in [0.4, 0.5) is 0 Å². The standard InChI is InChI=1S/C22H32O2/c1-2-3-4-5-6-7-8-9-10-11-12-13-14-15-16-17-18-19-20-21-22(23)24/h3-4,6-7,9-10,12-13,15-16,18-19H,2,5,8,11,14,17,20-21H2,1H3,(H,23,24)/b4-3-,7-6-,10-9+,13-12+,16-15-,19-18-. The minimum absolute atomic E-state index is 0.210. The smallest absolute Gasteiger partial charge is 0.303 e. The van der Waals surface area contributed by atoms with Gasteiger partial charge in [-0.25, -0.2) is 0 Å². The van der Waals surface area contributed by atoms with E-state index >= 15 is 0 Å². The Kier molecular flexibility index (Phi) is 17.3. The summed E-state index contributed by atoms with van der Waals surface area (Å²) < 4.78 is 0. The molecule has 0 atom stereocenters. The monoisotopic (exact) mass is 328 g/mol. The molecule has 0 saturated heterocycles. The lowest BCUT2D eigenvalue weighted by Crippen LogP contribution is -1.91. The van der Waals surface area contributed by atoms with E-state index in [-0.39, 0.29) is 6.42 Å². The first-order valence-electron chi connectivity index (χ1n) is 8.89. The maximum Gasteiger partial charge on any atom is 0.303 e. The molecule has 24 heavy (non-hydrogen) atoms. The molecule has 0 aromatic rings. The van der Waals surface area contributed by atoms with Crippen LogP contribution in [0, 0.1) is 0 Å². The summed E-state index contributed by atoms with van der Waals surface area (Å²) in [5.74, 6) is -0.741. The molecule has 132 valence electrons. The fraction of sp³-hybridized carbons (Fsp3) is 0.409. The van der Waals surface area contributed by atoms with E-state index in [9.17, 15) is 4.79 Å². The van der Waals surface area contributed by atoms with Crippen molar-refractivity contribution in [3.05, 3.63) is 72.9 Å². The number of carboxylic acids is 1. The molecule has 0 heterocycles. The number of hydrogen-bond acceptors (Lipinski definition) is 1. The van der Waals surface area contributed by atoms with E-state index < -0.39 is 5.97 Å². The van der Waals surface area contributed by atoms with Crippen molar-refractivity contribution in [3.63, 3.8) is 0 Å². The summed E-state index contributed by atoms with van der Waals surface area (Å²) in [6, 6.07) is 0. The van der Waals surface area contributed by atoms with Gasteiger partial charge in [0.2, 0.25) is 0 Å². The van der Waals surface area contributed by atoms with Crippen LogP contribution in [0.25, 0.3) is 0 Å². The number of allylic oxidation sites excluding steroid dienone is 12. The number of carbonyl (C=O) groups is 1. The highest BCUT2D eigenvalue weighted by molar-refractivity contribution is 5.66. The maximum absolute atomic E-state index is 10.3. The fourth-order valence-corrected chi connectivity index (χ4v) is 1.85. The van der Waals surface area contributed by atoms with E-state index in [1.165, 1.54) is 0 Å². The predicted molar refractivity (Wildman–Crippen MR) is 105 cm³/mol. The van der Waals surface area contributed by atoms with Gasteiger partial charge in [-0.3, -0.25) is 4.79 Å². The Morgan fingerprint density at radius 3 is 1.29 bits per heavy atom. The van der Waals surface area contributed by atoms with Gasteiger partial charge >= 0.3 is 5.97 Å². The Morgan fingerprint density at radius 2 is 0.958 bits per heavy atom. The molecule has 0 aromatic carbocycles. The van der Waals surface area contributed by atoms with Gasteiger partial charge in [-0.1, -0.05) is 79.8 Å². The van der Waals surface area contributed by atoms with Crippen molar-refractivity contribution in [2.75, 3.05) is 0 Å². The van der Waals surface area contributed by atoms with Crippen LogP contribution >= 0.6 is 0 Å². The summed E-state index contributed by atoms with van der Waals surface area (Å²) in [5.41, 5.74) is 0. The van der Waals surface area contributed by atoms with Crippen molar-refractivity contribution in [2.45, 2.75) is 58.3 Å². The molecule has 0 fully saturated rings. The van der Waals surface area contributed by atoms with Crippen molar-refractivity contribution in [1.82, 2.24) is 0 Å². The summed E-state index contributed by atoms with van der Waals surface area (Å²) in [6.45, 7) is 2.15. The minimum atomic E-state index is -0.741. The molecule has 0 amide bonds. The van der Waals surface area contributed by atoms with Gasteiger partial charge in [0.25, 0.3) is 0 Å². The second-order valence-corrected chi connectivity index (χ2v) is 5.35. The van der Waals surface area contributed by atoms with Crippen LogP contribution in [0.15, 0.2) is 72.9 Å². The normalized spacial score (nSPS) is 13.0. The molecule has 0 aliphatic carbocycles. The van der Waals surface area contributed by atoms with Crippen LogP contribution in [0.2, 0.25) is 0 Å². The zero-order valence-corrected chi connectivity index (χ0v) is 14.9. The molecule has 0 aromatic heterocycles. The summed E-state index contributed by atoms with van der Waals surface area (Å²) in [7, 11) is 0. The van der Waals surface area contributed by atoms with Crippen molar-refractivity contribution in [3.8, 4) is 0 Å². The SMILES string of the molecule is CC/C=C\C/C=C\C/C=C/C/C=C/C/C=C\C/C=C\CCC(=O)O. The third-order valence-corrected chi connectivity index (χ3v) is 3.12. The van der Waals surface area contributed by atoms with Crippen LogP contribution in [0.5, 0.6) is 0 Å². The lowest BCUT2D eigenvalue weighted by molar-refractivity contribution is -0.136. The summed E-state index contributed by atoms with van der Waals surface area (Å²) in [5, 5.41) is 8.49. The summed E-state index contributed by atoms with van der Waals surface area (Å²) >= 11 is 0. The average molecular weight is 328 g/mol. The van der Waals surface area contributed by atoms with E-state index in [4.69, 9.17) is 5.11 Å². The quantitative estimate of drug-likeness (QED) is 0.367. The molecule has 0 rings (SSSR count). The second kappa shape index (κ2) is 19.0. The number of aliphatic carboxylic acids is 1. The van der Waals surface area contributed by atoms with Gasteiger partial charge < -0.3 is 5.11 Å². The molecule has 0 aliphatic rings. The number of rotatable bonds is 14. The maximum atomic E-state index is 10.3. The predicted octanol–water partition coefficient (Wildman–Crippen LogP) is 6.55. The highest BCUT2D eigenvalue weighted by Gasteiger charge is 1.90. The van der Waals surface area contributed by atoms with Crippen molar-refractivity contribution < 1.29 is 9.90 Å². The van der Waals surface area contributed by atoms with E-state index in [0.29, 0.717) is 6.42 Å². The van der Waals surface area contributed by atoms with Gasteiger partial charge in [0.15, 0.2) is 0 Å². The Hall–Kier alpha value is -2.09. The largest absolute Gasteiger partial charge is 0.481 e. The number of hydrogen-bond donors (Lipinski definition) is 1. The molecule has 0 unspecified atom stereocenters. The van der Waals surface area contributed by atoms with Gasteiger partial charge in [0.05, 0.1) is 0 Å². The third-order valence-electron chi connectivity index (χ3n) is 3.12. The van der Waals surface area contributed by atoms with Gasteiger partial charge in [0.1, 0.15) is 0 Å². The molecule has 2 nitrogen and oxygen atoms in total. The highest BCUT2D eigenvalue weighted by Crippen LogP contribution is 1.97. The van der Waals surface area contributed by atoms with Crippen LogP contribution in [0.3, 0.4) is 0 Å². The van der Waals surface area contributed by atoms with Crippen LogP contribution in [-0.2, 0) is 4.79 Å². The molecule has 0 saturated carbocycles. The Labute approximate surface area is 147 Å². The van der Waals surface area contributed by atoms with Gasteiger partial charge in [0, 0.05) is 6.42 Å². The molecule has 0 spiro atoms. The minimum Gasteiger partial charge on any atom is -0.481 e. The van der Waals surface area contributed by atoms with Gasteiger partial charge in [-0.2, -0.15) is 0 Å². The first-order chi connectivity index (χ1) is 11.8. The summed E-state index contributed by atoms with van der Waals surface area (Å²) in [4.78, 5) is 10.3. The van der Waals surface area contributed by atoms with E-state index in [0.717, 1.165) is 38.5 Å². The van der Waals surface area contributed by atoms with Crippen LogP contribution < -0.4 is 0 Å². The zero-order valence-electron chi connectivity index (χ0n) is 14.9. The second-order valence-electron chi connectivity index (χ2n) is 5.35. The van der Waals surface area contributed by atoms with Crippen molar-refractivity contribution in [1.29, 1.82) is 0 Å². The fourth-order valence-electron chi connectivity index (χ4n) is 1.85. The molecular formula is C22H32O2. The van der Waals surface area contributed by atoms with Crippen molar-refractivity contribution >= 4 is 5.97 Å². The first-order valence-corrected chi connectivity index (χ1v) is 8.89. The first kappa shape index (κ1) is 21.9. The number of carboxylic acid groups (broad SMARTS) is 1. The molecule has 0 radical (unpaired) electrons. The summed E-state index contributed by atoms with van der Waals surface area (Å²) in [6.07, 6.45) is 32.5. The Morgan fingerprint density at radius 1 is 0.625 bits per heavy atom. The highest BCUT2D eigenvalue weighted by atomic mass is 16.4. The molecular weight excluding hydrogens is 296 g/mol. The topological polar surface area (TPSA) is 37.3 Å². The van der Waals surface area contributed by atoms with E-state index in [1.807, 2.05) is 12.2 Å². The average Bonchev–Trinajstić information content (AvgIpc) is 2.56. The Balaban J connectivity index is 3.51. The van der Waals surface area contributed by atoms with Crippen LogP contribution in [0.1, 0.15) is 58.3 Å². The third kappa shape index (κ3) is 19.9. The van der Waals surface area contributed by atoms with E-state index in [1.54, 1.807) is 0 Å². The molecule has 0 bridgehead atoms. The lowest BCUT2D eigenvalue weighted by Gasteiger charge is -1.87.